The predicted octanol–water partition coefficient (Wildman–Crippen LogP) is 2.98. The molecule has 2 saturated heterocycles. The molecule has 4 nitrogen and oxygen atoms in total. The predicted molar refractivity (Wildman–Crippen MR) is 93.0 cm³/mol. The summed E-state index contributed by atoms with van der Waals surface area (Å²) in [5.74, 6) is 1.02. The molecular formula is C18H27ClN2O2. The van der Waals surface area contributed by atoms with Crippen molar-refractivity contribution >= 4 is 11.6 Å². The van der Waals surface area contributed by atoms with Crippen molar-refractivity contribution in [3.05, 3.63) is 28.8 Å². The second-order valence-electron chi connectivity index (χ2n) is 6.75. The first-order valence-electron chi connectivity index (χ1n) is 8.70. The van der Waals surface area contributed by atoms with Gasteiger partial charge in [0, 0.05) is 45.9 Å². The van der Waals surface area contributed by atoms with E-state index in [1.165, 1.54) is 31.4 Å². The summed E-state index contributed by atoms with van der Waals surface area (Å²) < 4.78 is 5.43. The van der Waals surface area contributed by atoms with E-state index in [0.29, 0.717) is 5.02 Å². The van der Waals surface area contributed by atoms with Crippen LogP contribution < -0.4 is 0 Å². The van der Waals surface area contributed by atoms with E-state index in [-0.39, 0.29) is 5.75 Å². The summed E-state index contributed by atoms with van der Waals surface area (Å²) >= 11 is 5.98. The van der Waals surface area contributed by atoms with E-state index in [1.807, 2.05) is 12.1 Å². The summed E-state index contributed by atoms with van der Waals surface area (Å²) in [5, 5.41) is 9.93. The second-order valence-corrected chi connectivity index (χ2v) is 7.16. The monoisotopic (exact) mass is 338 g/mol. The summed E-state index contributed by atoms with van der Waals surface area (Å²) in [6.45, 7) is 8.54. The van der Waals surface area contributed by atoms with E-state index in [1.54, 1.807) is 6.07 Å². The van der Waals surface area contributed by atoms with Crippen LogP contribution in [-0.4, -0.2) is 60.8 Å². The van der Waals surface area contributed by atoms with Crippen LogP contribution in [0.2, 0.25) is 5.02 Å². The Balaban J connectivity index is 1.38. The Morgan fingerprint density at radius 1 is 1.09 bits per heavy atom. The number of piperazine rings is 1. The van der Waals surface area contributed by atoms with Gasteiger partial charge in [0.05, 0.1) is 5.02 Å². The Kier molecular flexibility index (Phi) is 6.17. The quantitative estimate of drug-likeness (QED) is 0.895. The lowest BCUT2D eigenvalue weighted by Crippen LogP contribution is -2.46. The molecule has 0 amide bonds. The number of nitrogens with zero attached hydrogens (tertiary/aromatic N) is 2. The van der Waals surface area contributed by atoms with E-state index >= 15 is 0 Å². The van der Waals surface area contributed by atoms with Crippen LogP contribution in [0.3, 0.4) is 0 Å². The highest BCUT2D eigenvalue weighted by atomic mass is 35.5. The fourth-order valence-electron chi connectivity index (χ4n) is 3.48. The summed E-state index contributed by atoms with van der Waals surface area (Å²) in [7, 11) is 0. The Labute approximate surface area is 144 Å². The minimum Gasteiger partial charge on any atom is -0.506 e. The third kappa shape index (κ3) is 5.08. The molecule has 0 atom stereocenters. The zero-order valence-corrected chi connectivity index (χ0v) is 14.5. The number of rotatable bonds is 5. The van der Waals surface area contributed by atoms with Crippen LogP contribution in [0.5, 0.6) is 5.75 Å². The topological polar surface area (TPSA) is 35.9 Å². The molecule has 0 bridgehead atoms. The summed E-state index contributed by atoms with van der Waals surface area (Å²) in [5.41, 5.74) is 1.17. The number of phenolic OH excluding ortho intramolecular Hbond substituents is 1. The first-order valence-corrected chi connectivity index (χ1v) is 9.08. The van der Waals surface area contributed by atoms with Crippen LogP contribution in [0.4, 0.5) is 0 Å². The third-order valence-corrected chi connectivity index (χ3v) is 5.38. The Hall–Kier alpha value is -0.810. The molecule has 2 aliphatic rings. The molecule has 0 saturated carbocycles. The maximum Gasteiger partial charge on any atom is 0.134 e. The molecule has 1 aromatic rings. The molecule has 3 rings (SSSR count). The fraction of sp³-hybridized carbons (Fsp3) is 0.667. The van der Waals surface area contributed by atoms with Gasteiger partial charge in [-0.05, 0) is 49.4 Å². The molecule has 128 valence electrons. The maximum absolute atomic E-state index is 9.49. The van der Waals surface area contributed by atoms with Crippen molar-refractivity contribution in [2.75, 3.05) is 45.9 Å². The summed E-state index contributed by atoms with van der Waals surface area (Å²) in [6.07, 6.45) is 3.79. The number of ether oxygens (including phenoxy) is 1. The molecule has 1 aromatic carbocycles. The molecule has 2 aliphatic heterocycles. The van der Waals surface area contributed by atoms with Crippen molar-refractivity contribution in [2.45, 2.75) is 25.8 Å². The van der Waals surface area contributed by atoms with Gasteiger partial charge in [0.25, 0.3) is 0 Å². The van der Waals surface area contributed by atoms with E-state index in [4.69, 9.17) is 16.3 Å². The van der Waals surface area contributed by atoms with Gasteiger partial charge in [-0.25, -0.2) is 0 Å². The minimum atomic E-state index is 0.161. The lowest BCUT2D eigenvalue weighted by atomic mass is 9.96. The van der Waals surface area contributed by atoms with Crippen LogP contribution in [0, 0.1) is 5.92 Å². The highest BCUT2D eigenvalue weighted by molar-refractivity contribution is 6.32. The van der Waals surface area contributed by atoms with Gasteiger partial charge in [-0.1, -0.05) is 17.7 Å². The largest absolute Gasteiger partial charge is 0.506 e. The lowest BCUT2D eigenvalue weighted by Gasteiger charge is -2.35. The normalized spacial score (nSPS) is 21.6. The molecule has 23 heavy (non-hydrogen) atoms. The Morgan fingerprint density at radius 2 is 1.78 bits per heavy atom. The number of hydrogen-bond acceptors (Lipinski definition) is 4. The molecule has 1 N–H and O–H groups in total. The molecule has 0 aromatic heterocycles. The average molecular weight is 339 g/mol. The van der Waals surface area contributed by atoms with Crippen molar-refractivity contribution in [2.24, 2.45) is 5.92 Å². The van der Waals surface area contributed by atoms with Crippen molar-refractivity contribution in [3.63, 3.8) is 0 Å². The number of aromatic hydroxyl groups is 1. The standard InChI is InChI=1S/C18H27ClN2O2/c19-17-13-16(1-2-18(17)22)14-21-9-7-20(8-10-21)6-3-15-4-11-23-12-5-15/h1-2,13,15,22H,3-12,14H2. The SMILES string of the molecule is Oc1ccc(CN2CCN(CCC3CCOCC3)CC2)cc1Cl. The van der Waals surface area contributed by atoms with E-state index in [9.17, 15) is 5.11 Å². The van der Waals surface area contributed by atoms with Gasteiger partial charge in [0.1, 0.15) is 5.75 Å². The highest BCUT2D eigenvalue weighted by Crippen LogP contribution is 2.24. The Morgan fingerprint density at radius 3 is 2.48 bits per heavy atom. The van der Waals surface area contributed by atoms with Crippen LogP contribution in [0.1, 0.15) is 24.8 Å². The van der Waals surface area contributed by atoms with Gasteiger partial charge in [-0.2, -0.15) is 0 Å². The zero-order valence-electron chi connectivity index (χ0n) is 13.7. The molecule has 2 heterocycles. The minimum absolute atomic E-state index is 0.161. The molecule has 0 aliphatic carbocycles. The van der Waals surface area contributed by atoms with Gasteiger partial charge in [0.2, 0.25) is 0 Å². The van der Waals surface area contributed by atoms with Gasteiger partial charge < -0.3 is 14.7 Å². The molecule has 0 spiro atoms. The van der Waals surface area contributed by atoms with Crippen LogP contribution in [-0.2, 0) is 11.3 Å². The van der Waals surface area contributed by atoms with Crippen LogP contribution in [0.15, 0.2) is 18.2 Å². The summed E-state index contributed by atoms with van der Waals surface area (Å²) in [6, 6.07) is 5.51. The number of halogens is 1. The van der Waals surface area contributed by atoms with Gasteiger partial charge in [0.15, 0.2) is 0 Å². The van der Waals surface area contributed by atoms with E-state index < -0.39 is 0 Å². The van der Waals surface area contributed by atoms with Crippen LogP contribution in [0.25, 0.3) is 0 Å². The Bertz CT molecular complexity index is 498. The smallest absolute Gasteiger partial charge is 0.134 e. The first kappa shape index (κ1) is 17.0. The van der Waals surface area contributed by atoms with Crippen LogP contribution >= 0.6 is 11.6 Å². The average Bonchev–Trinajstić information content (AvgIpc) is 2.58. The first-order chi connectivity index (χ1) is 11.2. The van der Waals surface area contributed by atoms with Gasteiger partial charge in [-0.15, -0.1) is 0 Å². The zero-order chi connectivity index (χ0) is 16.1. The fourth-order valence-corrected chi connectivity index (χ4v) is 3.68. The third-order valence-electron chi connectivity index (χ3n) is 5.08. The number of benzene rings is 1. The maximum atomic E-state index is 9.49. The second kappa shape index (κ2) is 8.34. The molecule has 0 radical (unpaired) electrons. The lowest BCUT2D eigenvalue weighted by molar-refractivity contribution is 0.0558. The van der Waals surface area contributed by atoms with Crippen molar-refractivity contribution in [1.82, 2.24) is 9.80 Å². The highest BCUT2D eigenvalue weighted by Gasteiger charge is 2.19. The number of phenols is 1. The molecule has 5 heteroatoms. The van der Waals surface area contributed by atoms with Crippen molar-refractivity contribution in [1.29, 1.82) is 0 Å². The van der Waals surface area contributed by atoms with Gasteiger partial charge >= 0.3 is 0 Å². The van der Waals surface area contributed by atoms with E-state index in [0.717, 1.165) is 51.9 Å². The number of hydrogen-bond donors (Lipinski definition) is 1. The van der Waals surface area contributed by atoms with E-state index in [2.05, 4.69) is 9.80 Å². The summed E-state index contributed by atoms with van der Waals surface area (Å²) in [4.78, 5) is 5.06. The molecule has 2 fully saturated rings. The van der Waals surface area contributed by atoms with Crippen molar-refractivity contribution < 1.29 is 9.84 Å². The van der Waals surface area contributed by atoms with Gasteiger partial charge in [-0.3, -0.25) is 4.90 Å². The molecule has 0 unspecified atom stereocenters. The van der Waals surface area contributed by atoms with Crippen molar-refractivity contribution in [3.8, 4) is 5.75 Å². The molecular weight excluding hydrogens is 312 g/mol.